The number of hydrogen-bond donors (Lipinski definition) is 1. The molecule has 0 aliphatic carbocycles. The van der Waals surface area contributed by atoms with E-state index in [1.54, 1.807) is 23.9 Å². The first kappa shape index (κ1) is 18.3. The van der Waals surface area contributed by atoms with E-state index in [2.05, 4.69) is 37.9 Å². The van der Waals surface area contributed by atoms with Crippen molar-refractivity contribution in [2.75, 3.05) is 25.6 Å². The van der Waals surface area contributed by atoms with Gasteiger partial charge in [-0.25, -0.2) is 4.68 Å². The molecule has 0 fully saturated rings. The van der Waals surface area contributed by atoms with E-state index in [0.717, 1.165) is 44.0 Å². The Hall–Kier alpha value is -3.10. The van der Waals surface area contributed by atoms with E-state index in [-0.39, 0.29) is 5.91 Å². The van der Waals surface area contributed by atoms with Gasteiger partial charge < -0.3 is 10.1 Å². The minimum Gasteiger partial charge on any atom is -0.385 e. The van der Waals surface area contributed by atoms with Gasteiger partial charge in [0.05, 0.1) is 5.69 Å². The number of hydrogen-bond acceptors (Lipinski definition) is 6. The Morgan fingerprint density at radius 3 is 2.71 bits per heavy atom. The van der Waals surface area contributed by atoms with Crippen LogP contribution in [0.15, 0.2) is 48.8 Å². The molecule has 0 saturated heterocycles. The highest BCUT2D eigenvalue weighted by Gasteiger charge is 2.19. The lowest BCUT2D eigenvalue weighted by atomic mass is 10.1. The van der Waals surface area contributed by atoms with Crippen LogP contribution in [0.3, 0.4) is 0 Å². The highest BCUT2D eigenvalue weighted by atomic mass is 16.5. The molecule has 1 N–H and O–H groups in total. The third-order valence-electron chi connectivity index (χ3n) is 4.82. The van der Waals surface area contributed by atoms with Crippen LogP contribution in [0.5, 0.6) is 0 Å². The highest BCUT2D eigenvalue weighted by molar-refractivity contribution is 6.04. The standard InChI is InChI=1S/C20H22N6O2/c1-28-10-2-9-25-12-16-3-6-18(11-17(16)13-25)22-20(27)15-4-7-19(8-5-15)26-14-21-23-24-26/h3-8,11,14H,2,9-10,12-13H2,1H3,(H,22,27). The number of aromatic nitrogens is 4. The fraction of sp³-hybridized carbons (Fsp3) is 0.300. The molecule has 28 heavy (non-hydrogen) atoms. The van der Waals surface area contributed by atoms with Crippen molar-refractivity contribution in [3.05, 3.63) is 65.5 Å². The summed E-state index contributed by atoms with van der Waals surface area (Å²) in [6.45, 7) is 3.65. The van der Waals surface area contributed by atoms with Gasteiger partial charge in [-0.15, -0.1) is 5.10 Å². The summed E-state index contributed by atoms with van der Waals surface area (Å²) in [5.74, 6) is -0.141. The van der Waals surface area contributed by atoms with E-state index in [9.17, 15) is 4.79 Å². The first-order valence-electron chi connectivity index (χ1n) is 9.21. The Morgan fingerprint density at radius 1 is 1.14 bits per heavy atom. The summed E-state index contributed by atoms with van der Waals surface area (Å²) in [7, 11) is 1.73. The molecule has 2 aromatic carbocycles. The van der Waals surface area contributed by atoms with Crippen molar-refractivity contribution >= 4 is 11.6 Å². The van der Waals surface area contributed by atoms with Crippen molar-refractivity contribution in [1.29, 1.82) is 0 Å². The number of tetrazole rings is 1. The molecule has 1 aliphatic rings. The molecular formula is C20H22N6O2. The third-order valence-corrected chi connectivity index (χ3v) is 4.82. The average molecular weight is 378 g/mol. The number of amides is 1. The molecule has 1 aromatic heterocycles. The van der Waals surface area contributed by atoms with Gasteiger partial charge in [0.2, 0.25) is 0 Å². The van der Waals surface area contributed by atoms with Gasteiger partial charge in [0, 0.05) is 44.6 Å². The number of anilines is 1. The van der Waals surface area contributed by atoms with Crippen LogP contribution in [0.25, 0.3) is 5.69 Å². The largest absolute Gasteiger partial charge is 0.385 e. The molecule has 4 rings (SSSR count). The zero-order valence-electron chi connectivity index (χ0n) is 15.7. The number of nitrogens with one attached hydrogen (secondary N) is 1. The monoisotopic (exact) mass is 378 g/mol. The lowest BCUT2D eigenvalue weighted by Gasteiger charge is -2.13. The van der Waals surface area contributed by atoms with Crippen LogP contribution in [0.1, 0.15) is 27.9 Å². The molecule has 3 aromatic rings. The molecule has 0 atom stereocenters. The van der Waals surface area contributed by atoms with Crippen LogP contribution in [0, 0.1) is 0 Å². The molecule has 1 aliphatic heterocycles. The van der Waals surface area contributed by atoms with Gasteiger partial charge in [-0.05, 0) is 64.4 Å². The highest BCUT2D eigenvalue weighted by Crippen LogP contribution is 2.26. The molecular weight excluding hydrogens is 356 g/mol. The Balaban J connectivity index is 1.39. The third kappa shape index (κ3) is 4.08. The summed E-state index contributed by atoms with van der Waals surface area (Å²) in [6, 6.07) is 13.3. The van der Waals surface area contributed by atoms with Gasteiger partial charge in [0.1, 0.15) is 6.33 Å². The van der Waals surface area contributed by atoms with E-state index >= 15 is 0 Å². The summed E-state index contributed by atoms with van der Waals surface area (Å²) in [5, 5.41) is 14.0. The van der Waals surface area contributed by atoms with Gasteiger partial charge >= 0.3 is 0 Å². The van der Waals surface area contributed by atoms with Crippen molar-refractivity contribution in [2.24, 2.45) is 0 Å². The van der Waals surface area contributed by atoms with Crippen LogP contribution in [0.4, 0.5) is 5.69 Å². The Labute approximate surface area is 163 Å². The topological polar surface area (TPSA) is 85.2 Å². The fourth-order valence-electron chi connectivity index (χ4n) is 3.38. The predicted molar refractivity (Wildman–Crippen MR) is 104 cm³/mol. The predicted octanol–water partition coefficient (Wildman–Crippen LogP) is 2.27. The molecule has 0 radical (unpaired) electrons. The second-order valence-corrected chi connectivity index (χ2v) is 6.80. The van der Waals surface area contributed by atoms with E-state index < -0.39 is 0 Å². The second kappa shape index (κ2) is 8.28. The summed E-state index contributed by atoms with van der Waals surface area (Å²) < 4.78 is 6.67. The Bertz CT molecular complexity index is 940. The molecule has 144 valence electrons. The lowest BCUT2D eigenvalue weighted by molar-refractivity contribution is 0.102. The maximum Gasteiger partial charge on any atom is 0.255 e. The number of rotatable bonds is 7. The number of methoxy groups -OCH3 is 1. The van der Waals surface area contributed by atoms with E-state index in [4.69, 9.17) is 4.74 Å². The first-order chi connectivity index (χ1) is 13.7. The number of benzene rings is 2. The van der Waals surface area contributed by atoms with E-state index in [1.165, 1.54) is 17.5 Å². The number of carbonyl (C=O) groups is 1. The smallest absolute Gasteiger partial charge is 0.255 e. The number of ether oxygens (including phenoxy) is 1. The van der Waals surface area contributed by atoms with Crippen LogP contribution in [0.2, 0.25) is 0 Å². The zero-order valence-corrected chi connectivity index (χ0v) is 15.7. The fourth-order valence-corrected chi connectivity index (χ4v) is 3.38. The minimum absolute atomic E-state index is 0.141. The van der Waals surface area contributed by atoms with Crippen molar-refractivity contribution < 1.29 is 9.53 Å². The van der Waals surface area contributed by atoms with Gasteiger partial charge in [-0.1, -0.05) is 6.07 Å². The van der Waals surface area contributed by atoms with Crippen molar-refractivity contribution in [1.82, 2.24) is 25.1 Å². The van der Waals surface area contributed by atoms with Crippen LogP contribution in [-0.4, -0.2) is 51.3 Å². The molecule has 8 nitrogen and oxygen atoms in total. The maximum absolute atomic E-state index is 12.6. The Morgan fingerprint density at radius 2 is 1.96 bits per heavy atom. The number of fused-ring (bicyclic) bond motifs is 1. The zero-order chi connectivity index (χ0) is 19.3. The van der Waals surface area contributed by atoms with Gasteiger partial charge in [0.15, 0.2) is 0 Å². The van der Waals surface area contributed by atoms with Crippen molar-refractivity contribution in [3.8, 4) is 5.69 Å². The molecule has 0 unspecified atom stereocenters. The molecule has 0 bridgehead atoms. The maximum atomic E-state index is 12.6. The lowest BCUT2D eigenvalue weighted by Crippen LogP contribution is -2.18. The summed E-state index contributed by atoms with van der Waals surface area (Å²) in [5.41, 5.74) is 4.78. The molecule has 2 heterocycles. The number of nitrogens with zero attached hydrogens (tertiary/aromatic N) is 5. The molecule has 0 saturated carbocycles. The van der Waals surface area contributed by atoms with Gasteiger partial charge in [-0.2, -0.15) is 0 Å². The quantitative estimate of drug-likeness (QED) is 0.635. The summed E-state index contributed by atoms with van der Waals surface area (Å²) >= 11 is 0. The molecule has 1 amide bonds. The normalized spacial score (nSPS) is 13.5. The van der Waals surface area contributed by atoms with Crippen LogP contribution < -0.4 is 5.32 Å². The SMILES string of the molecule is COCCCN1Cc2ccc(NC(=O)c3ccc(-n4cnnn4)cc3)cc2C1. The summed E-state index contributed by atoms with van der Waals surface area (Å²) in [6.07, 6.45) is 2.53. The van der Waals surface area contributed by atoms with Crippen LogP contribution >= 0.6 is 0 Å². The minimum atomic E-state index is -0.141. The molecule has 0 spiro atoms. The first-order valence-corrected chi connectivity index (χ1v) is 9.21. The number of carbonyl (C=O) groups excluding carboxylic acids is 1. The van der Waals surface area contributed by atoms with Gasteiger partial charge in [0.25, 0.3) is 5.91 Å². The second-order valence-electron chi connectivity index (χ2n) is 6.80. The van der Waals surface area contributed by atoms with Crippen LogP contribution in [-0.2, 0) is 17.8 Å². The van der Waals surface area contributed by atoms with Crippen molar-refractivity contribution in [3.63, 3.8) is 0 Å². The van der Waals surface area contributed by atoms with Crippen molar-refractivity contribution in [2.45, 2.75) is 19.5 Å². The van der Waals surface area contributed by atoms with E-state index in [1.807, 2.05) is 18.2 Å². The average Bonchev–Trinajstić information content (AvgIpc) is 3.38. The van der Waals surface area contributed by atoms with E-state index in [0.29, 0.717) is 5.56 Å². The molecule has 8 heteroatoms. The summed E-state index contributed by atoms with van der Waals surface area (Å²) in [4.78, 5) is 15.0. The van der Waals surface area contributed by atoms with Gasteiger partial charge in [-0.3, -0.25) is 9.69 Å². The Kier molecular flexibility index (Phi) is 5.41.